The van der Waals surface area contributed by atoms with Gasteiger partial charge in [-0.3, -0.25) is 9.69 Å². The van der Waals surface area contributed by atoms with Crippen molar-refractivity contribution < 1.29 is 4.79 Å². The molecule has 5 nitrogen and oxygen atoms in total. The molecule has 0 aromatic rings. The van der Waals surface area contributed by atoms with Gasteiger partial charge in [-0.2, -0.15) is 0 Å². The van der Waals surface area contributed by atoms with Gasteiger partial charge in [0.15, 0.2) is 0 Å². The van der Waals surface area contributed by atoms with Crippen molar-refractivity contribution in [1.82, 2.24) is 20.0 Å². The fourth-order valence-corrected chi connectivity index (χ4v) is 3.47. The van der Waals surface area contributed by atoms with Crippen LogP contribution in [0.4, 0.5) is 0 Å². The van der Waals surface area contributed by atoms with E-state index in [1.54, 1.807) is 0 Å². The van der Waals surface area contributed by atoms with E-state index in [0.717, 1.165) is 39.3 Å². The van der Waals surface area contributed by atoms with E-state index in [1.165, 1.54) is 32.1 Å². The summed E-state index contributed by atoms with van der Waals surface area (Å²) in [6.45, 7) is 6.66. The topological polar surface area (TPSA) is 38.8 Å². The van der Waals surface area contributed by atoms with Gasteiger partial charge >= 0.3 is 0 Å². The van der Waals surface area contributed by atoms with Crippen molar-refractivity contribution in [1.29, 1.82) is 0 Å². The van der Waals surface area contributed by atoms with Gasteiger partial charge in [0.05, 0.1) is 6.54 Å². The molecule has 0 aromatic heterocycles. The smallest absolute Gasteiger partial charge is 0.236 e. The molecule has 0 aromatic carbocycles. The molecule has 0 radical (unpaired) electrons. The maximum absolute atomic E-state index is 12.5. The Balaban J connectivity index is 1.48. The van der Waals surface area contributed by atoms with Crippen LogP contribution in [0.3, 0.4) is 0 Å². The molecule has 2 heterocycles. The van der Waals surface area contributed by atoms with Crippen molar-refractivity contribution in [2.24, 2.45) is 0 Å². The SMILES string of the molecule is CN1CCN(C(=O)CN(CC2CCCCN2)C2CC2)CC1. The van der Waals surface area contributed by atoms with E-state index in [1.807, 2.05) is 0 Å². The van der Waals surface area contributed by atoms with Crippen LogP contribution in [-0.2, 0) is 4.79 Å². The summed E-state index contributed by atoms with van der Waals surface area (Å²) in [4.78, 5) is 19.3. The first kappa shape index (κ1) is 15.3. The molecule has 1 saturated carbocycles. The molecule has 1 amide bonds. The molecule has 0 bridgehead atoms. The van der Waals surface area contributed by atoms with Crippen molar-refractivity contribution >= 4 is 5.91 Å². The number of hydrogen-bond acceptors (Lipinski definition) is 4. The predicted molar refractivity (Wildman–Crippen MR) is 84.3 cm³/mol. The monoisotopic (exact) mass is 294 g/mol. The number of piperazine rings is 1. The summed E-state index contributed by atoms with van der Waals surface area (Å²) in [6, 6.07) is 1.27. The largest absolute Gasteiger partial charge is 0.339 e. The first-order valence-corrected chi connectivity index (χ1v) is 8.66. The number of rotatable bonds is 5. The van der Waals surface area contributed by atoms with E-state index < -0.39 is 0 Å². The molecule has 5 heteroatoms. The van der Waals surface area contributed by atoms with Crippen molar-refractivity contribution in [3.63, 3.8) is 0 Å². The molecule has 1 atom stereocenters. The summed E-state index contributed by atoms with van der Waals surface area (Å²) in [7, 11) is 2.13. The van der Waals surface area contributed by atoms with Gasteiger partial charge in [0.1, 0.15) is 0 Å². The minimum absolute atomic E-state index is 0.339. The maximum atomic E-state index is 12.5. The quantitative estimate of drug-likeness (QED) is 0.795. The maximum Gasteiger partial charge on any atom is 0.236 e. The predicted octanol–water partition coefficient (Wildman–Crippen LogP) is 0.367. The number of piperidine rings is 1. The van der Waals surface area contributed by atoms with Crippen molar-refractivity contribution in [2.45, 2.75) is 44.2 Å². The Kier molecular flexibility index (Phi) is 5.14. The van der Waals surface area contributed by atoms with E-state index in [0.29, 0.717) is 24.5 Å². The van der Waals surface area contributed by atoms with Crippen LogP contribution in [0.25, 0.3) is 0 Å². The zero-order valence-electron chi connectivity index (χ0n) is 13.4. The fourth-order valence-electron chi connectivity index (χ4n) is 3.47. The molecule has 120 valence electrons. The molecule has 1 aliphatic carbocycles. The molecule has 3 rings (SSSR count). The molecule has 2 aliphatic heterocycles. The molecule has 2 saturated heterocycles. The Morgan fingerprint density at radius 2 is 1.90 bits per heavy atom. The number of carbonyl (C=O) groups excluding carboxylic acids is 1. The summed E-state index contributed by atoms with van der Waals surface area (Å²) >= 11 is 0. The molecule has 3 aliphatic rings. The number of nitrogens with one attached hydrogen (secondary N) is 1. The molecule has 21 heavy (non-hydrogen) atoms. The second-order valence-electron chi connectivity index (χ2n) is 6.99. The van der Waals surface area contributed by atoms with Gasteiger partial charge in [0.2, 0.25) is 5.91 Å². The highest BCUT2D eigenvalue weighted by atomic mass is 16.2. The van der Waals surface area contributed by atoms with Crippen LogP contribution in [0, 0.1) is 0 Å². The van der Waals surface area contributed by atoms with Crippen LogP contribution < -0.4 is 5.32 Å². The highest BCUT2D eigenvalue weighted by Crippen LogP contribution is 2.27. The highest BCUT2D eigenvalue weighted by molar-refractivity contribution is 5.78. The minimum Gasteiger partial charge on any atom is -0.339 e. The summed E-state index contributed by atoms with van der Waals surface area (Å²) in [5, 5.41) is 3.62. The molecule has 3 fully saturated rings. The number of amides is 1. The standard InChI is InChI=1S/C16H30N4O/c1-18-8-10-19(11-9-18)16(21)13-20(15-5-6-15)12-14-4-2-3-7-17-14/h14-15,17H,2-13H2,1H3. The minimum atomic E-state index is 0.339. The van der Waals surface area contributed by atoms with Gasteiger partial charge in [-0.15, -0.1) is 0 Å². The Hall–Kier alpha value is -0.650. The fraction of sp³-hybridized carbons (Fsp3) is 0.938. The number of carbonyl (C=O) groups is 1. The molecular formula is C16H30N4O. The van der Waals surface area contributed by atoms with Gasteiger partial charge in [-0.05, 0) is 39.3 Å². The molecule has 0 spiro atoms. The van der Waals surface area contributed by atoms with Gasteiger partial charge in [0.25, 0.3) is 0 Å². The van der Waals surface area contributed by atoms with Gasteiger partial charge in [-0.25, -0.2) is 0 Å². The Bertz CT molecular complexity index is 344. The van der Waals surface area contributed by atoms with Crippen LogP contribution in [0.1, 0.15) is 32.1 Å². The summed E-state index contributed by atoms with van der Waals surface area (Å²) in [5.74, 6) is 0.339. The third-order valence-electron chi connectivity index (χ3n) is 5.12. The summed E-state index contributed by atoms with van der Waals surface area (Å²) < 4.78 is 0. The van der Waals surface area contributed by atoms with Crippen LogP contribution in [0.2, 0.25) is 0 Å². The number of hydrogen-bond donors (Lipinski definition) is 1. The second kappa shape index (κ2) is 7.07. The Labute approximate surface area is 128 Å². The van der Waals surface area contributed by atoms with Gasteiger partial charge in [-0.1, -0.05) is 6.42 Å². The Morgan fingerprint density at radius 3 is 2.52 bits per heavy atom. The van der Waals surface area contributed by atoms with Crippen LogP contribution in [0.5, 0.6) is 0 Å². The third-order valence-corrected chi connectivity index (χ3v) is 5.12. The van der Waals surface area contributed by atoms with Crippen LogP contribution >= 0.6 is 0 Å². The van der Waals surface area contributed by atoms with Crippen molar-refractivity contribution in [3.8, 4) is 0 Å². The van der Waals surface area contributed by atoms with E-state index >= 15 is 0 Å². The van der Waals surface area contributed by atoms with Crippen LogP contribution in [0.15, 0.2) is 0 Å². The molecule has 1 N–H and O–H groups in total. The normalized spacial score (nSPS) is 28.1. The lowest BCUT2D eigenvalue weighted by molar-refractivity contribution is -0.134. The summed E-state index contributed by atoms with van der Waals surface area (Å²) in [6.07, 6.45) is 6.47. The van der Waals surface area contributed by atoms with Crippen molar-refractivity contribution in [2.75, 3.05) is 52.9 Å². The summed E-state index contributed by atoms with van der Waals surface area (Å²) in [5.41, 5.74) is 0. The second-order valence-corrected chi connectivity index (χ2v) is 6.99. The molecule has 1 unspecified atom stereocenters. The number of likely N-dealkylation sites (N-methyl/N-ethyl adjacent to an activating group) is 1. The third kappa shape index (κ3) is 4.41. The lowest BCUT2D eigenvalue weighted by Crippen LogP contribution is -2.52. The Morgan fingerprint density at radius 1 is 1.14 bits per heavy atom. The van der Waals surface area contributed by atoms with E-state index in [2.05, 4.69) is 27.1 Å². The molecular weight excluding hydrogens is 264 g/mol. The lowest BCUT2D eigenvalue weighted by atomic mass is 10.0. The van der Waals surface area contributed by atoms with E-state index in [9.17, 15) is 4.79 Å². The average Bonchev–Trinajstić information content (AvgIpc) is 3.33. The zero-order valence-corrected chi connectivity index (χ0v) is 13.4. The highest BCUT2D eigenvalue weighted by Gasteiger charge is 2.33. The van der Waals surface area contributed by atoms with Gasteiger partial charge in [0, 0.05) is 44.8 Å². The number of nitrogens with zero attached hydrogens (tertiary/aromatic N) is 3. The van der Waals surface area contributed by atoms with Gasteiger partial charge < -0.3 is 15.1 Å². The lowest BCUT2D eigenvalue weighted by Gasteiger charge is -2.35. The van der Waals surface area contributed by atoms with E-state index in [4.69, 9.17) is 0 Å². The average molecular weight is 294 g/mol. The zero-order chi connectivity index (χ0) is 14.7. The first-order valence-electron chi connectivity index (χ1n) is 8.66. The van der Waals surface area contributed by atoms with Crippen molar-refractivity contribution in [3.05, 3.63) is 0 Å². The first-order chi connectivity index (χ1) is 10.2. The van der Waals surface area contributed by atoms with Crippen LogP contribution in [-0.4, -0.2) is 85.6 Å². The van der Waals surface area contributed by atoms with E-state index in [-0.39, 0.29) is 0 Å².